The van der Waals surface area contributed by atoms with Crippen molar-refractivity contribution in [1.82, 2.24) is 0 Å². The minimum absolute atomic E-state index is 0.719. The maximum Gasteiger partial charge on any atom is -0.0149 e. The number of benzene rings is 2. The summed E-state index contributed by atoms with van der Waals surface area (Å²) in [5.74, 6) is 0.719. The molecule has 0 nitrogen and oxygen atoms in total. The van der Waals surface area contributed by atoms with Crippen molar-refractivity contribution in [3.05, 3.63) is 47.5 Å². The lowest BCUT2D eigenvalue weighted by Crippen LogP contribution is -1.95. The molecule has 0 saturated heterocycles. The lowest BCUT2D eigenvalue weighted by Gasteiger charge is -2.10. The first-order valence-electron chi connectivity index (χ1n) is 5.65. The van der Waals surface area contributed by atoms with Gasteiger partial charge in [0.05, 0.1) is 0 Å². The minimum Gasteiger partial charge on any atom is -0.0625 e. The first-order valence-corrected chi connectivity index (χ1v) is 5.65. The maximum absolute atomic E-state index is 2.28. The van der Waals surface area contributed by atoms with Gasteiger partial charge >= 0.3 is 0 Å². The van der Waals surface area contributed by atoms with E-state index in [0.717, 1.165) is 5.92 Å². The van der Waals surface area contributed by atoms with E-state index in [1.807, 2.05) is 0 Å². The zero-order valence-corrected chi connectivity index (χ0v) is 9.75. The summed E-state index contributed by atoms with van der Waals surface area (Å²) in [6.45, 7) is 6.73. The summed E-state index contributed by atoms with van der Waals surface area (Å²) in [6.07, 6.45) is 1.17. The molecule has 0 N–H and O–H groups in total. The fourth-order valence-electron chi connectivity index (χ4n) is 2.13. The SMILES string of the molecule is Cc1ccc(CC(C)C)c2ccccc12. The monoisotopic (exact) mass is 198 g/mol. The summed E-state index contributed by atoms with van der Waals surface area (Å²) >= 11 is 0. The molecule has 15 heavy (non-hydrogen) atoms. The van der Waals surface area contributed by atoms with E-state index in [1.54, 1.807) is 0 Å². The molecule has 0 bridgehead atoms. The van der Waals surface area contributed by atoms with Crippen molar-refractivity contribution in [3.8, 4) is 0 Å². The van der Waals surface area contributed by atoms with Crippen molar-refractivity contribution in [3.63, 3.8) is 0 Å². The van der Waals surface area contributed by atoms with Gasteiger partial charge in [0.15, 0.2) is 0 Å². The number of aryl methyl sites for hydroxylation is 1. The van der Waals surface area contributed by atoms with E-state index in [9.17, 15) is 0 Å². The molecule has 2 rings (SSSR count). The maximum atomic E-state index is 2.28. The molecule has 78 valence electrons. The predicted octanol–water partition coefficient (Wildman–Crippen LogP) is 4.35. The second-order valence-corrected chi connectivity index (χ2v) is 4.69. The third-order valence-corrected chi connectivity index (χ3v) is 2.86. The molecule has 0 saturated carbocycles. The van der Waals surface area contributed by atoms with Crippen molar-refractivity contribution < 1.29 is 0 Å². The summed E-state index contributed by atoms with van der Waals surface area (Å²) in [5, 5.41) is 2.82. The van der Waals surface area contributed by atoms with Crippen LogP contribution in [0.1, 0.15) is 25.0 Å². The Labute approximate surface area is 91.9 Å². The third kappa shape index (κ3) is 2.04. The smallest absolute Gasteiger partial charge is 0.0149 e. The van der Waals surface area contributed by atoms with Crippen LogP contribution in [0.2, 0.25) is 0 Å². The quantitative estimate of drug-likeness (QED) is 0.673. The van der Waals surface area contributed by atoms with E-state index in [0.29, 0.717) is 0 Å². The summed E-state index contributed by atoms with van der Waals surface area (Å²) < 4.78 is 0. The average Bonchev–Trinajstić information content (AvgIpc) is 2.22. The Bertz CT molecular complexity index is 466. The zero-order valence-electron chi connectivity index (χ0n) is 9.75. The van der Waals surface area contributed by atoms with Gasteiger partial charge in [-0.05, 0) is 41.2 Å². The van der Waals surface area contributed by atoms with Crippen LogP contribution in [-0.4, -0.2) is 0 Å². The van der Waals surface area contributed by atoms with Gasteiger partial charge in [0.1, 0.15) is 0 Å². The van der Waals surface area contributed by atoms with Crippen LogP contribution in [0.3, 0.4) is 0 Å². The van der Waals surface area contributed by atoms with E-state index in [4.69, 9.17) is 0 Å². The van der Waals surface area contributed by atoms with Gasteiger partial charge in [-0.25, -0.2) is 0 Å². The molecule has 0 aromatic heterocycles. The van der Waals surface area contributed by atoms with Crippen LogP contribution in [0.15, 0.2) is 36.4 Å². The first kappa shape index (κ1) is 10.2. The summed E-state index contributed by atoms with van der Waals surface area (Å²) in [7, 11) is 0. The van der Waals surface area contributed by atoms with Gasteiger partial charge in [-0.1, -0.05) is 50.2 Å². The van der Waals surface area contributed by atoms with Crippen LogP contribution in [-0.2, 0) is 6.42 Å². The number of rotatable bonds is 2. The Morgan fingerprint density at radius 1 is 0.933 bits per heavy atom. The standard InChI is InChI=1S/C15H18/c1-11(2)10-13-9-8-12(3)14-6-4-5-7-15(13)14/h4-9,11H,10H2,1-3H3. The van der Waals surface area contributed by atoms with Crippen LogP contribution in [0.5, 0.6) is 0 Å². The van der Waals surface area contributed by atoms with Gasteiger partial charge in [-0.2, -0.15) is 0 Å². The van der Waals surface area contributed by atoms with Crippen LogP contribution in [0, 0.1) is 12.8 Å². The van der Waals surface area contributed by atoms with Crippen molar-refractivity contribution in [2.75, 3.05) is 0 Å². The van der Waals surface area contributed by atoms with Crippen LogP contribution in [0.25, 0.3) is 10.8 Å². The van der Waals surface area contributed by atoms with Crippen LogP contribution >= 0.6 is 0 Å². The molecule has 0 atom stereocenters. The number of hydrogen-bond acceptors (Lipinski definition) is 0. The average molecular weight is 198 g/mol. The number of hydrogen-bond donors (Lipinski definition) is 0. The van der Waals surface area contributed by atoms with E-state index in [-0.39, 0.29) is 0 Å². The van der Waals surface area contributed by atoms with Gasteiger partial charge < -0.3 is 0 Å². The molecular formula is C15H18. The lowest BCUT2D eigenvalue weighted by atomic mass is 9.95. The zero-order chi connectivity index (χ0) is 10.8. The highest BCUT2D eigenvalue weighted by Gasteiger charge is 2.04. The molecule has 0 radical (unpaired) electrons. The molecule has 0 fully saturated rings. The molecule has 0 aliphatic carbocycles. The normalized spacial score (nSPS) is 11.2. The van der Waals surface area contributed by atoms with E-state index >= 15 is 0 Å². The molecule has 2 aromatic rings. The van der Waals surface area contributed by atoms with Crippen LogP contribution < -0.4 is 0 Å². The Hall–Kier alpha value is -1.30. The van der Waals surface area contributed by atoms with Crippen LogP contribution in [0.4, 0.5) is 0 Å². The van der Waals surface area contributed by atoms with Gasteiger partial charge in [0, 0.05) is 0 Å². The molecule has 0 heterocycles. The van der Waals surface area contributed by atoms with E-state index in [2.05, 4.69) is 57.2 Å². The highest BCUT2D eigenvalue weighted by molar-refractivity contribution is 5.88. The first-order chi connectivity index (χ1) is 7.18. The fourth-order valence-corrected chi connectivity index (χ4v) is 2.13. The Morgan fingerprint density at radius 2 is 1.60 bits per heavy atom. The molecule has 0 amide bonds. The highest BCUT2D eigenvalue weighted by atomic mass is 14.1. The molecule has 0 aliphatic heterocycles. The lowest BCUT2D eigenvalue weighted by molar-refractivity contribution is 0.650. The third-order valence-electron chi connectivity index (χ3n) is 2.86. The van der Waals surface area contributed by atoms with E-state index in [1.165, 1.54) is 28.3 Å². The fraction of sp³-hybridized carbons (Fsp3) is 0.333. The van der Waals surface area contributed by atoms with Gasteiger partial charge in [0.2, 0.25) is 0 Å². The summed E-state index contributed by atoms with van der Waals surface area (Å²) in [5.41, 5.74) is 2.85. The Morgan fingerprint density at radius 3 is 2.27 bits per heavy atom. The summed E-state index contributed by atoms with van der Waals surface area (Å²) in [4.78, 5) is 0. The largest absolute Gasteiger partial charge is 0.0625 e. The van der Waals surface area contributed by atoms with Gasteiger partial charge in [-0.3, -0.25) is 0 Å². The Kier molecular flexibility index (Phi) is 2.77. The molecule has 0 spiro atoms. The highest BCUT2D eigenvalue weighted by Crippen LogP contribution is 2.24. The molecule has 0 unspecified atom stereocenters. The second kappa shape index (κ2) is 4.06. The van der Waals surface area contributed by atoms with Gasteiger partial charge in [0.25, 0.3) is 0 Å². The van der Waals surface area contributed by atoms with Crippen molar-refractivity contribution in [2.45, 2.75) is 27.2 Å². The molecule has 0 aliphatic rings. The second-order valence-electron chi connectivity index (χ2n) is 4.69. The predicted molar refractivity (Wildman–Crippen MR) is 67.2 cm³/mol. The number of fused-ring (bicyclic) bond motifs is 1. The van der Waals surface area contributed by atoms with Crippen molar-refractivity contribution >= 4 is 10.8 Å². The minimum atomic E-state index is 0.719. The molecular weight excluding hydrogens is 180 g/mol. The Balaban J connectivity index is 2.61. The molecule has 0 heteroatoms. The van der Waals surface area contributed by atoms with Crippen molar-refractivity contribution in [1.29, 1.82) is 0 Å². The topological polar surface area (TPSA) is 0 Å². The summed E-state index contributed by atoms with van der Waals surface area (Å²) in [6, 6.07) is 13.2. The van der Waals surface area contributed by atoms with E-state index < -0.39 is 0 Å². The van der Waals surface area contributed by atoms with Crippen molar-refractivity contribution in [2.24, 2.45) is 5.92 Å². The molecule has 2 aromatic carbocycles. The van der Waals surface area contributed by atoms with Gasteiger partial charge in [-0.15, -0.1) is 0 Å².